The Kier molecular flexibility index (Phi) is 2.94. The predicted molar refractivity (Wildman–Crippen MR) is 70.9 cm³/mol. The second-order valence-electron chi connectivity index (χ2n) is 4.67. The summed E-state index contributed by atoms with van der Waals surface area (Å²) in [5, 5.41) is 0. The van der Waals surface area contributed by atoms with Crippen LogP contribution in [0.15, 0.2) is 18.3 Å². The van der Waals surface area contributed by atoms with Gasteiger partial charge >= 0.3 is 0 Å². The number of fused-ring (bicyclic) bond motifs is 1. The van der Waals surface area contributed by atoms with Crippen LogP contribution < -0.4 is 15.4 Å². The Balaban J connectivity index is 2.17. The van der Waals surface area contributed by atoms with E-state index in [4.69, 9.17) is 10.5 Å². The summed E-state index contributed by atoms with van der Waals surface area (Å²) >= 11 is 0. The van der Waals surface area contributed by atoms with Gasteiger partial charge in [0.25, 0.3) is 0 Å². The molecule has 5 nitrogen and oxygen atoms in total. The quantitative estimate of drug-likeness (QED) is 0.884. The van der Waals surface area contributed by atoms with Crippen molar-refractivity contribution in [2.24, 2.45) is 5.73 Å². The average Bonchev–Trinajstić information content (AvgIpc) is 2.84. The zero-order valence-corrected chi connectivity index (χ0v) is 10.6. The molecule has 1 aliphatic rings. The zero-order valence-electron chi connectivity index (χ0n) is 10.6. The molecule has 1 atom stereocenters. The van der Waals surface area contributed by atoms with Gasteiger partial charge in [-0.3, -0.25) is 4.98 Å². The average molecular weight is 262 g/mol. The maximum Gasteiger partial charge on any atom is 0.213 e. The van der Waals surface area contributed by atoms with Crippen molar-refractivity contribution in [1.29, 1.82) is 0 Å². The van der Waals surface area contributed by atoms with Crippen molar-refractivity contribution in [1.82, 2.24) is 9.97 Å². The molecular weight excluding hydrogens is 247 g/mol. The Morgan fingerprint density at radius 1 is 1.47 bits per heavy atom. The molecular formula is C13H15FN4O. The first-order valence-corrected chi connectivity index (χ1v) is 6.19. The number of hydrogen-bond donors (Lipinski definition) is 1. The smallest absolute Gasteiger partial charge is 0.213 e. The predicted octanol–water partition coefficient (Wildman–Crippen LogP) is 1.31. The van der Waals surface area contributed by atoms with Gasteiger partial charge in [0.05, 0.1) is 18.8 Å². The first-order chi connectivity index (χ1) is 9.19. The summed E-state index contributed by atoms with van der Waals surface area (Å²) < 4.78 is 19.2. The highest BCUT2D eigenvalue weighted by Crippen LogP contribution is 2.30. The first kappa shape index (κ1) is 12.1. The number of ether oxygens (including phenoxy) is 1. The van der Waals surface area contributed by atoms with Gasteiger partial charge in [-0.2, -0.15) is 0 Å². The molecule has 0 aromatic carbocycles. The maximum absolute atomic E-state index is 14.1. The topological polar surface area (TPSA) is 64.3 Å². The van der Waals surface area contributed by atoms with Crippen LogP contribution in [0.2, 0.25) is 0 Å². The van der Waals surface area contributed by atoms with E-state index in [1.165, 1.54) is 13.3 Å². The second-order valence-corrected chi connectivity index (χ2v) is 4.67. The van der Waals surface area contributed by atoms with Gasteiger partial charge in [-0.15, -0.1) is 0 Å². The molecule has 1 aliphatic heterocycles. The number of hydrogen-bond acceptors (Lipinski definition) is 5. The number of methoxy groups -OCH3 is 1. The molecule has 3 rings (SSSR count). The van der Waals surface area contributed by atoms with E-state index in [1.807, 2.05) is 4.90 Å². The van der Waals surface area contributed by atoms with E-state index in [9.17, 15) is 4.39 Å². The fraction of sp³-hybridized carbons (Fsp3) is 0.385. The Morgan fingerprint density at radius 2 is 2.32 bits per heavy atom. The summed E-state index contributed by atoms with van der Waals surface area (Å²) in [4.78, 5) is 10.3. The summed E-state index contributed by atoms with van der Waals surface area (Å²) in [5.41, 5.74) is 7.53. The number of nitrogens with two attached hydrogens (primary N) is 1. The number of nitrogens with zero attached hydrogens (tertiary/aromatic N) is 3. The molecule has 1 saturated heterocycles. The zero-order chi connectivity index (χ0) is 13.4. The monoisotopic (exact) mass is 262 g/mol. The molecule has 0 amide bonds. The largest absolute Gasteiger partial charge is 0.481 e. The standard InChI is InChI=1S/C13H15FN4O/c1-19-11-3-2-10-12(17-11)13(9(14)6-16-10)18-5-4-8(15)7-18/h2-3,6,8H,4-5,7,15H2,1H3/t8-/m0/s1. The third kappa shape index (κ3) is 2.08. The minimum Gasteiger partial charge on any atom is -0.481 e. The van der Waals surface area contributed by atoms with Gasteiger partial charge in [0.2, 0.25) is 5.88 Å². The number of aromatic nitrogens is 2. The molecule has 100 valence electrons. The summed E-state index contributed by atoms with van der Waals surface area (Å²) in [7, 11) is 1.53. The highest BCUT2D eigenvalue weighted by Gasteiger charge is 2.24. The van der Waals surface area contributed by atoms with Crippen LogP contribution in [0.3, 0.4) is 0 Å². The molecule has 2 aromatic rings. The normalized spacial score (nSPS) is 19.1. The molecule has 3 heterocycles. The van der Waals surface area contributed by atoms with Crippen molar-refractivity contribution in [3.05, 3.63) is 24.1 Å². The van der Waals surface area contributed by atoms with Crippen LogP contribution >= 0.6 is 0 Å². The van der Waals surface area contributed by atoms with E-state index >= 15 is 0 Å². The lowest BCUT2D eigenvalue weighted by molar-refractivity contribution is 0.399. The third-order valence-corrected chi connectivity index (χ3v) is 3.37. The van der Waals surface area contributed by atoms with Crippen molar-refractivity contribution in [2.75, 3.05) is 25.1 Å². The van der Waals surface area contributed by atoms with Crippen LogP contribution in [0, 0.1) is 5.82 Å². The van der Waals surface area contributed by atoms with E-state index in [0.29, 0.717) is 29.1 Å². The highest BCUT2D eigenvalue weighted by atomic mass is 19.1. The lowest BCUT2D eigenvalue weighted by Crippen LogP contribution is -2.27. The van der Waals surface area contributed by atoms with Crippen molar-refractivity contribution in [2.45, 2.75) is 12.5 Å². The van der Waals surface area contributed by atoms with E-state index in [2.05, 4.69) is 9.97 Å². The number of anilines is 1. The SMILES string of the molecule is COc1ccc2ncc(F)c(N3CC[C@H](N)C3)c2n1. The van der Waals surface area contributed by atoms with Crippen molar-refractivity contribution in [3.8, 4) is 5.88 Å². The number of rotatable bonds is 2. The van der Waals surface area contributed by atoms with E-state index in [0.717, 1.165) is 13.0 Å². The van der Waals surface area contributed by atoms with Crippen molar-refractivity contribution in [3.63, 3.8) is 0 Å². The van der Waals surface area contributed by atoms with E-state index in [1.54, 1.807) is 12.1 Å². The van der Waals surface area contributed by atoms with Crippen LogP contribution in [0.5, 0.6) is 5.88 Å². The minimum atomic E-state index is -0.373. The van der Waals surface area contributed by atoms with Gasteiger partial charge in [0.1, 0.15) is 11.2 Å². The van der Waals surface area contributed by atoms with Gasteiger partial charge in [-0.25, -0.2) is 9.37 Å². The summed E-state index contributed by atoms with van der Waals surface area (Å²) in [5.74, 6) is 0.0759. The first-order valence-electron chi connectivity index (χ1n) is 6.19. The third-order valence-electron chi connectivity index (χ3n) is 3.37. The summed E-state index contributed by atoms with van der Waals surface area (Å²) in [6.45, 7) is 1.37. The lowest BCUT2D eigenvalue weighted by Gasteiger charge is -2.20. The number of halogens is 1. The molecule has 6 heteroatoms. The van der Waals surface area contributed by atoms with Gasteiger partial charge in [0, 0.05) is 25.2 Å². The Bertz CT molecular complexity index is 619. The van der Waals surface area contributed by atoms with E-state index in [-0.39, 0.29) is 11.9 Å². The molecule has 0 unspecified atom stereocenters. The van der Waals surface area contributed by atoms with Crippen LogP contribution in [0.4, 0.5) is 10.1 Å². The van der Waals surface area contributed by atoms with Gasteiger partial charge in [-0.1, -0.05) is 0 Å². The Morgan fingerprint density at radius 3 is 3.00 bits per heavy atom. The molecule has 0 saturated carbocycles. The molecule has 0 aliphatic carbocycles. The van der Waals surface area contributed by atoms with Crippen LogP contribution in [-0.4, -0.2) is 36.2 Å². The fourth-order valence-electron chi connectivity index (χ4n) is 2.42. The summed E-state index contributed by atoms with van der Waals surface area (Å²) in [6.07, 6.45) is 2.09. The van der Waals surface area contributed by atoms with E-state index < -0.39 is 0 Å². The maximum atomic E-state index is 14.1. The molecule has 0 bridgehead atoms. The van der Waals surface area contributed by atoms with Gasteiger partial charge in [0.15, 0.2) is 5.82 Å². The Labute approximate surface area is 110 Å². The van der Waals surface area contributed by atoms with Crippen LogP contribution in [-0.2, 0) is 0 Å². The van der Waals surface area contributed by atoms with Crippen LogP contribution in [0.25, 0.3) is 11.0 Å². The molecule has 0 spiro atoms. The Hall–Kier alpha value is -1.95. The highest BCUT2D eigenvalue weighted by molar-refractivity contribution is 5.88. The molecule has 2 N–H and O–H groups in total. The lowest BCUT2D eigenvalue weighted by atomic mass is 10.2. The molecule has 2 aromatic heterocycles. The fourth-order valence-corrected chi connectivity index (χ4v) is 2.42. The second kappa shape index (κ2) is 4.62. The minimum absolute atomic E-state index is 0.0771. The van der Waals surface area contributed by atoms with Crippen molar-refractivity contribution >= 4 is 16.7 Å². The molecule has 19 heavy (non-hydrogen) atoms. The summed E-state index contributed by atoms with van der Waals surface area (Å²) in [6, 6.07) is 3.57. The molecule has 0 radical (unpaired) electrons. The molecule has 1 fully saturated rings. The van der Waals surface area contributed by atoms with Gasteiger partial charge in [-0.05, 0) is 12.5 Å². The number of pyridine rings is 2. The van der Waals surface area contributed by atoms with Gasteiger partial charge < -0.3 is 15.4 Å². The van der Waals surface area contributed by atoms with Crippen LogP contribution in [0.1, 0.15) is 6.42 Å². The van der Waals surface area contributed by atoms with Crippen molar-refractivity contribution < 1.29 is 9.13 Å².